The third-order valence-electron chi connectivity index (χ3n) is 4.05. The van der Waals surface area contributed by atoms with Gasteiger partial charge in [-0.05, 0) is 24.3 Å². The van der Waals surface area contributed by atoms with E-state index in [9.17, 15) is 9.59 Å². The number of amides is 2. The van der Waals surface area contributed by atoms with Gasteiger partial charge in [-0.25, -0.2) is 0 Å². The van der Waals surface area contributed by atoms with E-state index in [4.69, 9.17) is 16.3 Å². The first kappa shape index (κ1) is 17.3. The number of benzene rings is 2. The van der Waals surface area contributed by atoms with Crippen molar-refractivity contribution >= 4 is 29.1 Å². The fourth-order valence-corrected chi connectivity index (χ4v) is 2.89. The predicted octanol–water partition coefficient (Wildman–Crippen LogP) is 3.72. The zero-order valence-corrected chi connectivity index (χ0v) is 14.7. The second-order valence-electron chi connectivity index (χ2n) is 5.77. The Morgan fingerprint density at radius 2 is 2.04 bits per heavy atom. The van der Waals surface area contributed by atoms with Crippen LogP contribution in [0.25, 0.3) is 0 Å². The van der Waals surface area contributed by atoms with Gasteiger partial charge in [0, 0.05) is 23.6 Å². The van der Waals surface area contributed by atoms with E-state index in [1.807, 2.05) is 24.3 Å². The Bertz CT molecular complexity index is 807. The molecule has 3 rings (SSSR count). The van der Waals surface area contributed by atoms with Gasteiger partial charge in [0.15, 0.2) is 0 Å². The molecule has 0 aromatic heterocycles. The zero-order chi connectivity index (χ0) is 17.8. The van der Waals surface area contributed by atoms with Crippen LogP contribution < -0.4 is 10.1 Å². The van der Waals surface area contributed by atoms with E-state index < -0.39 is 0 Å². The summed E-state index contributed by atoms with van der Waals surface area (Å²) in [5.41, 5.74) is 1.81. The Morgan fingerprint density at radius 3 is 2.84 bits per heavy atom. The van der Waals surface area contributed by atoms with Crippen molar-refractivity contribution in [1.29, 1.82) is 0 Å². The van der Waals surface area contributed by atoms with Gasteiger partial charge < -0.3 is 15.0 Å². The SMILES string of the molecule is CCC(=O)Nc1cc(Cl)ccc1C(=O)N1CCOc2ccccc2C1. The Balaban J connectivity index is 1.89. The van der Waals surface area contributed by atoms with Crippen LogP contribution in [0.3, 0.4) is 0 Å². The molecule has 0 fully saturated rings. The third-order valence-corrected chi connectivity index (χ3v) is 4.28. The maximum Gasteiger partial charge on any atom is 0.256 e. The highest BCUT2D eigenvalue weighted by atomic mass is 35.5. The average molecular weight is 359 g/mol. The molecule has 1 aliphatic rings. The average Bonchev–Trinajstić information content (AvgIpc) is 2.83. The highest BCUT2D eigenvalue weighted by Gasteiger charge is 2.23. The van der Waals surface area contributed by atoms with Gasteiger partial charge >= 0.3 is 0 Å². The molecular formula is C19H19ClN2O3. The number of hydrogen-bond donors (Lipinski definition) is 1. The summed E-state index contributed by atoms with van der Waals surface area (Å²) in [6.45, 7) is 3.10. The number of nitrogens with zero attached hydrogens (tertiary/aromatic N) is 1. The fraction of sp³-hybridized carbons (Fsp3) is 0.263. The van der Waals surface area contributed by atoms with Gasteiger partial charge in [-0.1, -0.05) is 36.7 Å². The van der Waals surface area contributed by atoms with Gasteiger partial charge in [-0.15, -0.1) is 0 Å². The number of para-hydroxylation sites is 1. The van der Waals surface area contributed by atoms with Crippen LogP contribution in [0.2, 0.25) is 5.02 Å². The molecule has 2 aromatic carbocycles. The Hall–Kier alpha value is -2.53. The van der Waals surface area contributed by atoms with E-state index in [0.29, 0.717) is 42.4 Å². The molecular weight excluding hydrogens is 340 g/mol. The van der Waals surface area contributed by atoms with E-state index >= 15 is 0 Å². The molecule has 0 radical (unpaired) electrons. The zero-order valence-electron chi connectivity index (χ0n) is 13.9. The highest BCUT2D eigenvalue weighted by Crippen LogP contribution is 2.26. The number of rotatable bonds is 3. The lowest BCUT2D eigenvalue weighted by atomic mass is 10.1. The van der Waals surface area contributed by atoms with E-state index in [0.717, 1.165) is 11.3 Å². The second kappa shape index (κ2) is 7.57. The van der Waals surface area contributed by atoms with Crippen molar-refractivity contribution in [2.24, 2.45) is 0 Å². The molecule has 0 bridgehead atoms. The molecule has 0 aliphatic carbocycles. The summed E-state index contributed by atoms with van der Waals surface area (Å²) in [5.74, 6) is 0.470. The van der Waals surface area contributed by atoms with Crippen molar-refractivity contribution < 1.29 is 14.3 Å². The first-order chi connectivity index (χ1) is 12.1. The lowest BCUT2D eigenvalue weighted by Gasteiger charge is -2.21. The van der Waals surface area contributed by atoms with Crippen LogP contribution in [0.15, 0.2) is 42.5 Å². The van der Waals surface area contributed by atoms with E-state index in [-0.39, 0.29) is 11.8 Å². The monoisotopic (exact) mass is 358 g/mol. The van der Waals surface area contributed by atoms with Gasteiger partial charge in [-0.2, -0.15) is 0 Å². The lowest BCUT2D eigenvalue weighted by Crippen LogP contribution is -2.33. The maximum atomic E-state index is 13.0. The Kier molecular flexibility index (Phi) is 5.24. The second-order valence-corrected chi connectivity index (χ2v) is 6.21. The maximum absolute atomic E-state index is 13.0. The normalized spacial score (nSPS) is 13.4. The van der Waals surface area contributed by atoms with Crippen LogP contribution in [0.5, 0.6) is 5.75 Å². The minimum atomic E-state index is -0.166. The van der Waals surface area contributed by atoms with Gasteiger partial charge in [0.2, 0.25) is 5.91 Å². The molecule has 25 heavy (non-hydrogen) atoms. The number of halogens is 1. The number of nitrogens with one attached hydrogen (secondary N) is 1. The molecule has 0 saturated heterocycles. The molecule has 6 heteroatoms. The van der Waals surface area contributed by atoms with Crippen LogP contribution in [0.4, 0.5) is 5.69 Å². The Morgan fingerprint density at radius 1 is 1.24 bits per heavy atom. The van der Waals surface area contributed by atoms with Gasteiger partial charge in [0.1, 0.15) is 12.4 Å². The van der Waals surface area contributed by atoms with Crippen LogP contribution in [-0.4, -0.2) is 29.9 Å². The number of hydrogen-bond acceptors (Lipinski definition) is 3. The van der Waals surface area contributed by atoms with Crippen molar-refractivity contribution in [2.45, 2.75) is 19.9 Å². The highest BCUT2D eigenvalue weighted by molar-refractivity contribution is 6.31. The van der Waals surface area contributed by atoms with Crippen LogP contribution in [-0.2, 0) is 11.3 Å². The lowest BCUT2D eigenvalue weighted by molar-refractivity contribution is -0.115. The van der Waals surface area contributed by atoms with Gasteiger partial charge in [0.25, 0.3) is 5.91 Å². The van der Waals surface area contributed by atoms with Crippen molar-refractivity contribution in [3.63, 3.8) is 0 Å². The fourth-order valence-electron chi connectivity index (χ4n) is 2.71. The van der Waals surface area contributed by atoms with Crippen molar-refractivity contribution in [2.75, 3.05) is 18.5 Å². The summed E-state index contributed by atoms with van der Waals surface area (Å²) >= 11 is 6.03. The number of ether oxygens (including phenoxy) is 1. The third kappa shape index (κ3) is 3.94. The number of carbonyl (C=O) groups is 2. The summed E-state index contributed by atoms with van der Waals surface area (Å²) in [5, 5.41) is 3.22. The molecule has 1 N–H and O–H groups in total. The standard InChI is InChI=1S/C19H19ClN2O3/c1-2-18(23)21-16-11-14(20)7-8-15(16)19(24)22-9-10-25-17-6-4-3-5-13(17)12-22/h3-8,11H,2,9-10,12H2,1H3,(H,21,23). The minimum absolute atomic E-state index is 0.164. The molecule has 5 nitrogen and oxygen atoms in total. The van der Waals surface area contributed by atoms with Crippen molar-refractivity contribution in [3.05, 3.63) is 58.6 Å². The number of carbonyl (C=O) groups excluding carboxylic acids is 2. The molecule has 2 aromatic rings. The summed E-state index contributed by atoms with van der Waals surface area (Å²) in [7, 11) is 0. The van der Waals surface area contributed by atoms with E-state index in [1.165, 1.54) is 0 Å². The smallest absolute Gasteiger partial charge is 0.256 e. The van der Waals surface area contributed by atoms with E-state index in [1.54, 1.807) is 30.0 Å². The van der Waals surface area contributed by atoms with E-state index in [2.05, 4.69) is 5.32 Å². The molecule has 130 valence electrons. The molecule has 1 aliphatic heterocycles. The summed E-state index contributed by atoms with van der Waals surface area (Å²) in [4.78, 5) is 26.5. The summed E-state index contributed by atoms with van der Waals surface area (Å²) in [6, 6.07) is 12.6. The first-order valence-electron chi connectivity index (χ1n) is 8.18. The first-order valence-corrected chi connectivity index (χ1v) is 8.55. The minimum Gasteiger partial charge on any atom is -0.491 e. The molecule has 0 spiro atoms. The number of fused-ring (bicyclic) bond motifs is 1. The number of anilines is 1. The molecule has 0 saturated carbocycles. The summed E-state index contributed by atoms with van der Waals surface area (Å²) < 4.78 is 5.71. The van der Waals surface area contributed by atoms with Gasteiger partial charge in [-0.3, -0.25) is 9.59 Å². The Labute approximate surface area is 151 Å². The topological polar surface area (TPSA) is 58.6 Å². The van der Waals surface area contributed by atoms with Crippen LogP contribution >= 0.6 is 11.6 Å². The van der Waals surface area contributed by atoms with Crippen LogP contribution in [0, 0.1) is 0 Å². The van der Waals surface area contributed by atoms with Crippen LogP contribution in [0.1, 0.15) is 29.3 Å². The van der Waals surface area contributed by atoms with Crippen molar-refractivity contribution in [3.8, 4) is 5.75 Å². The van der Waals surface area contributed by atoms with Crippen molar-refractivity contribution in [1.82, 2.24) is 4.90 Å². The summed E-state index contributed by atoms with van der Waals surface area (Å²) in [6.07, 6.45) is 0.324. The molecule has 0 unspecified atom stereocenters. The molecule has 1 heterocycles. The largest absolute Gasteiger partial charge is 0.491 e. The molecule has 2 amide bonds. The quantitative estimate of drug-likeness (QED) is 0.909. The predicted molar refractivity (Wildman–Crippen MR) is 97.1 cm³/mol. The molecule has 0 atom stereocenters. The van der Waals surface area contributed by atoms with Gasteiger partial charge in [0.05, 0.1) is 17.8 Å².